The largest absolute Gasteiger partial charge is 1.00 e. The normalized spacial score (nSPS) is 27.2. The maximum Gasteiger partial charge on any atom is 1.00 e. The van der Waals surface area contributed by atoms with Gasteiger partial charge in [-0.1, -0.05) is 6.42 Å². The maximum atomic E-state index is 5.34. The number of allylic oxidation sites excluding steroid dienone is 1. The van der Waals surface area contributed by atoms with Crippen molar-refractivity contribution in [2.75, 3.05) is 13.2 Å². The Bertz CT molecular complexity index is 139. The van der Waals surface area contributed by atoms with Crippen molar-refractivity contribution in [3.63, 3.8) is 0 Å². The van der Waals surface area contributed by atoms with Crippen LogP contribution in [0.25, 0.3) is 0 Å². The van der Waals surface area contributed by atoms with Gasteiger partial charge < -0.3 is 15.5 Å². The molecule has 10 heavy (non-hydrogen) atoms. The van der Waals surface area contributed by atoms with Gasteiger partial charge in [0.1, 0.15) is 0 Å². The minimum atomic E-state index is -0.417. The van der Waals surface area contributed by atoms with E-state index in [0.717, 1.165) is 26.1 Å². The van der Waals surface area contributed by atoms with E-state index in [1.165, 1.54) is 0 Å². The Kier molecular flexibility index (Phi) is 2.59. The van der Waals surface area contributed by atoms with Gasteiger partial charge in [-0.05, 0) is 6.42 Å². The Morgan fingerprint density at radius 2 is 2.00 bits per heavy atom. The van der Waals surface area contributed by atoms with E-state index >= 15 is 0 Å². The summed E-state index contributed by atoms with van der Waals surface area (Å²) in [5, 5.41) is 0. The molecule has 1 fully saturated rings. The Hall–Kier alpha value is 0.257. The second-order valence-electron chi connectivity index (χ2n) is 2.34. The molecule has 0 unspecified atom stereocenters. The zero-order chi connectivity index (χ0) is 6.16. The summed E-state index contributed by atoms with van der Waals surface area (Å²) in [4.78, 5) is 0. The third-order valence-corrected chi connectivity index (χ3v) is 1.69. The monoisotopic (exact) mass is 132 g/mol. The van der Waals surface area contributed by atoms with Gasteiger partial charge in [-0.15, -0.1) is 0 Å². The molecule has 0 amide bonds. The van der Waals surface area contributed by atoms with Gasteiger partial charge in [0.15, 0.2) is 0 Å². The van der Waals surface area contributed by atoms with E-state index < -0.39 is 5.79 Å². The van der Waals surface area contributed by atoms with Crippen LogP contribution in [-0.4, -0.2) is 19.0 Å². The van der Waals surface area contributed by atoms with Crippen molar-refractivity contribution in [1.82, 2.24) is 0 Å². The first kappa shape index (κ1) is 8.35. The van der Waals surface area contributed by atoms with Crippen LogP contribution >= 0.6 is 0 Å². The van der Waals surface area contributed by atoms with Crippen molar-refractivity contribution >= 4 is 0 Å². The molecule has 0 aromatic rings. The number of hydrogen-bond acceptors (Lipinski definition) is 2. The van der Waals surface area contributed by atoms with Gasteiger partial charge in [-0.25, -0.2) is 0 Å². The van der Waals surface area contributed by atoms with Crippen molar-refractivity contribution in [3.05, 3.63) is 12.2 Å². The molecule has 0 saturated carbocycles. The summed E-state index contributed by atoms with van der Waals surface area (Å²) in [6.45, 7) is 1.45. The Morgan fingerprint density at radius 1 is 1.30 bits per heavy atom. The number of rotatable bonds is 0. The minimum absolute atomic E-state index is 0. The predicted octanol–water partition coefficient (Wildman–Crippen LogP) is -2.11. The fourth-order valence-electron chi connectivity index (χ4n) is 1.24. The molecule has 3 heteroatoms. The van der Waals surface area contributed by atoms with Gasteiger partial charge in [0, 0.05) is 5.79 Å². The second-order valence-corrected chi connectivity index (χ2v) is 2.34. The van der Waals surface area contributed by atoms with E-state index in [2.05, 4.69) is 6.08 Å². The van der Waals surface area contributed by atoms with Gasteiger partial charge in [-0.3, -0.25) is 6.08 Å². The molecule has 1 saturated heterocycles. The molecule has 1 aliphatic heterocycles. The standard InChI is InChI=1S/C7H9O2.Li/c1-2-4-7(3-1)8-5-6-9-7;/h1H,2,4-6H2;/q-1;+1. The van der Waals surface area contributed by atoms with Crippen LogP contribution in [0.3, 0.4) is 0 Å². The molecule has 1 spiro atoms. The fourth-order valence-corrected chi connectivity index (χ4v) is 1.24. The number of hydrogen-bond donors (Lipinski definition) is 0. The Morgan fingerprint density at radius 3 is 2.50 bits per heavy atom. The van der Waals surface area contributed by atoms with E-state index in [9.17, 15) is 0 Å². The second kappa shape index (κ2) is 3.11. The smallest absolute Gasteiger partial charge is 0.439 e. The van der Waals surface area contributed by atoms with Crippen LogP contribution in [0.5, 0.6) is 0 Å². The molecule has 0 aromatic heterocycles. The van der Waals surface area contributed by atoms with Crippen molar-refractivity contribution in [2.24, 2.45) is 0 Å². The van der Waals surface area contributed by atoms with Crippen molar-refractivity contribution in [1.29, 1.82) is 0 Å². The van der Waals surface area contributed by atoms with Crippen LogP contribution in [0.1, 0.15) is 12.8 Å². The first-order chi connectivity index (χ1) is 4.41. The Balaban J connectivity index is 0.000000500. The molecule has 1 heterocycles. The summed E-state index contributed by atoms with van der Waals surface area (Å²) in [6.07, 6.45) is 7.05. The average molecular weight is 132 g/mol. The van der Waals surface area contributed by atoms with Gasteiger partial charge in [0.2, 0.25) is 0 Å². The molecule has 0 bridgehead atoms. The summed E-state index contributed by atoms with van der Waals surface area (Å²) in [5.41, 5.74) is 0. The third kappa shape index (κ3) is 1.30. The van der Waals surface area contributed by atoms with Crippen LogP contribution in [0.15, 0.2) is 6.08 Å². The topological polar surface area (TPSA) is 18.5 Å². The van der Waals surface area contributed by atoms with Crippen molar-refractivity contribution < 1.29 is 28.3 Å². The summed E-state index contributed by atoms with van der Waals surface area (Å²) in [5.74, 6) is -0.417. The summed E-state index contributed by atoms with van der Waals surface area (Å²) in [7, 11) is 0. The number of ether oxygens (including phenoxy) is 2. The van der Waals surface area contributed by atoms with Crippen molar-refractivity contribution in [3.8, 4) is 0 Å². The summed E-state index contributed by atoms with van der Waals surface area (Å²) >= 11 is 0. The first-order valence-electron chi connectivity index (χ1n) is 3.29. The molecule has 0 N–H and O–H groups in total. The van der Waals surface area contributed by atoms with Gasteiger partial charge >= 0.3 is 18.9 Å². The maximum absolute atomic E-state index is 5.34. The van der Waals surface area contributed by atoms with E-state index in [1.54, 1.807) is 0 Å². The molecule has 0 radical (unpaired) electrons. The van der Waals surface area contributed by atoms with E-state index in [-0.39, 0.29) is 18.9 Å². The van der Waals surface area contributed by atoms with E-state index in [4.69, 9.17) is 9.47 Å². The SMILES string of the molecule is [C-]1=CCCC12OCCO2.[Li+]. The van der Waals surface area contributed by atoms with Gasteiger partial charge in [0.05, 0.1) is 13.2 Å². The summed E-state index contributed by atoms with van der Waals surface area (Å²) < 4.78 is 10.7. The molecule has 1 aliphatic carbocycles. The molecule has 2 aliphatic rings. The van der Waals surface area contributed by atoms with Crippen LogP contribution in [0.2, 0.25) is 0 Å². The van der Waals surface area contributed by atoms with Crippen molar-refractivity contribution in [2.45, 2.75) is 18.6 Å². The molecular weight excluding hydrogens is 123 g/mol. The quantitative estimate of drug-likeness (QED) is 0.277. The molecule has 50 valence electrons. The predicted molar refractivity (Wildman–Crippen MR) is 31.7 cm³/mol. The van der Waals surface area contributed by atoms with Crippen LogP contribution in [0.4, 0.5) is 0 Å². The summed E-state index contributed by atoms with van der Waals surface area (Å²) in [6, 6.07) is 0. The minimum Gasteiger partial charge on any atom is -0.439 e. The zero-order valence-corrected chi connectivity index (χ0v) is 6.22. The van der Waals surface area contributed by atoms with Crippen LogP contribution in [-0.2, 0) is 9.47 Å². The molecule has 0 aromatic carbocycles. The van der Waals surface area contributed by atoms with E-state index in [1.807, 2.05) is 6.08 Å². The van der Waals surface area contributed by atoms with E-state index in [0.29, 0.717) is 0 Å². The zero-order valence-electron chi connectivity index (χ0n) is 6.22. The fraction of sp³-hybridized carbons (Fsp3) is 0.714. The first-order valence-corrected chi connectivity index (χ1v) is 3.29. The average Bonchev–Trinajstić information content (AvgIpc) is 2.45. The molecular formula is C7H9LiO2. The van der Waals surface area contributed by atoms with Gasteiger partial charge in [0.25, 0.3) is 0 Å². The Labute approximate surface area is 72.8 Å². The van der Waals surface area contributed by atoms with Gasteiger partial charge in [-0.2, -0.15) is 0 Å². The molecule has 2 rings (SSSR count). The molecule has 0 atom stereocenters. The molecule has 2 nitrogen and oxygen atoms in total. The van der Waals surface area contributed by atoms with Crippen LogP contribution in [0, 0.1) is 6.08 Å². The third-order valence-electron chi connectivity index (χ3n) is 1.69. The van der Waals surface area contributed by atoms with Crippen LogP contribution < -0.4 is 18.9 Å².